The third kappa shape index (κ3) is 1.25. The van der Waals surface area contributed by atoms with Gasteiger partial charge >= 0.3 is 0 Å². The molecule has 1 N–H and O–H groups in total. The summed E-state index contributed by atoms with van der Waals surface area (Å²) in [6.07, 6.45) is 1.30. The minimum absolute atomic E-state index is 0.296. The van der Waals surface area contributed by atoms with Crippen LogP contribution in [-0.2, 0) is 0 Å². The lowest BCUT2D eigenvalue weighted by Crippen LogP contribution is -2.51. The molecule has 0 bridgehead atoms. The van der Waals surface area contributed by atoms with Gasteiger partial charge in [0.1, 0.15) is 0 Å². The molecule has 1 saturated heterocycles. The molecule has 1 fully saturated rings. The van der Waals surface area contributed by atoms with Gasteiger partial charge in [0.15, 0.2) is 0 Å². The lowest BCUT2D eigenvalue weighted by Gasteiger charge is -2.42. The molecule has 0 aromatic carbocycles. The third-order valence-electron chi connectivity index (χ3n) is 2.20. The molecule has 1 aliphatic rings. The first-order valence-electron chi connectivity index (χ1n) is 3.62. The molecule has 1 aliphatic heterocycles. The highest BCUT2D eigenvalue weighted by Gasteiger charge is 2.26. The molecule has 0 aromatic rings. The van der Waals surface area contributed by atoms with Crippen molar-refractivity contribution in [3.8, 4) is 0 Å². The average molecular weight is 129 g/mol. The molecule has 54 valence electrons. The Morgan fingerprint density at radius 3 is 2.56 bits per heavy atom. The Kier molecular flexibility index (Phi) is 2.09. The monoisotopic (exact) mass is 129 g/mol. The summed E-state index contributed by atoms with van der Waals surface area (Å²) in [5.41, 5.74) is 0. The number of nitrogens with zero attached hydrogens (tertiary/aromatic N) is 1. The molecule has 9 heavy (non-hydrogen) atoms. The van der Waals surface area contributed by atoms with Crippen molar-refractivity contribution >= 4 is 0 Å². The van der Waals surface area contributed by atoms with Gasteiger partial charge in [0.25, 0.3) is 0 Å². The van der Waals surface area contributed by atoms with Crippen LogP contribution in [0.5, 0.6) is 0 Å². The maximum Gasteiger partial charge on any atom is 0.0584 e. The van der Waals surface area contributed by atoms with E-state index in [-0.39, 0.29) is 0 Å². The zero-order valence-corrected chi connectivity index (χ0v) is 6.17. The molecule has 1 heterocycles. The van der Waals surface area contributed by atoms with Crippen molar-refractivity contribution < 1.29 is 5.11 Å². The Labute approximate surface area is 56.5 Å². The quantitative estimate of drug-likeness (QED) is 0.585. The highest BCUT2D eigenvalue weighted by molar-refractivity contribution is 4.82. The molecule has 0 amide bonds. The molecule has 2 unspecified atom stereocenters. The maximum absolute atomic E-state index is 8.75. The number of aliphatic hydroxyl groups excluding tert-OH is 1. The summed E-state index contributed by atoms with van der Waals surface area (Å²) < 4.78 is 0. The van der Waals surface area contributed by atoms with Gasteiger partial charge < -0.3 is 5.11 Å². The zero-order chi connectivity index (χ0) is 6.85. The number of rotatable bonds is 2. The minimum atomic E-state index is 0.296. The standard InChI is InChI=1S/C7H15NO/c1-6-3-4-8(6)7(2)5-9/h6-7,9H,3-5H2,1-2H3. The number of aliphatic hydroxyl groups is 1. The van der Waals surface area contributed by atoms with Crippen LogP contribution in [0.25, 0.3) is 0 Å². The van der Waals surface area contributed by atoms with E-state index in [1.807, 2.05) is 0 Å². The van der Waals surface area contributed by atoms with Crippen LogP contribution in [0.4, 0.5) is 0 Å². The van der Waals surface area contributed by atoms with E-state index in [1.165, 1.54) is 13.0 Å². The second-order valence-electron chi connectivity index (χ2n) is 2.91. The van der Waals surface area contributed by atoms with Gasteiger partial charge in [-0.1, -0.05) is 0 Å². The number of hydrogen-bond donors (Lipinski definition) is 1. The molecule has 2 heteroatoms. The van der Waals surface area contributed by atoms with Crippen molar-refractivity contribution in [1.82, 2.24) is 4.90 Å². The van der Waals surface area contributed by atoms with Crippen LogP contribution in [0.3, 0.4) is 0 Å². The summed E-state index contributed by atoms with van der Waals surface area (Å²) in [4.78, 5) is 2.32. The highest BCUT2D eigenvalue weighted by Crippen LogP contribution is 2.18. The van der Waals surface area contributed by atoms with E-state index >= 15 is 0 Å². The summed E-state index contributed by atoms with van der Waals surface area (Å²) in [6.45, 7) is 5.73. The van der Waals surface area contributed by atoms with Gasteiger partial charge in [0, 0.05) is 18.6 Å². The Bertz CT molecular complexity index is 94.9. The van der Waals surface area contributed by atoms with E-state index < -0.39 is 0 Å². The largest absolute Gasteiger partial charge is 0.395 e. The number of hydrogen-bond acceptors (Lipinski definition) is 2. The van der Waals surface area contributed by atoms with E-state index in [4.69, 9.17) is 5.11 Å². The predicted octanol–water partition coefficient (Wildman–Crippen LogP) is 0.461. The van der Waals surface area contributed by atoms with Crippen molar-refractivity contribution in [2.45, 2.75) is 32.4 Å². The Hall–Kier alpha value is -0.0800. The van der Waals surface area contributed by atoms with Gasteiger partial charge in [-0.3, -0.25) is 4.90 Å². The molecule has 0 saturated carbocycles. The summed E-state index contributed by atoms with van der Waals surface area (Å²) in [7, 11) is 0. The molecule has 2 nitrogen and oxygen atoms in total. The van der Waals surface area contributed by atoms with Crippen molar-refractivity contribution in [2.75, 3.05) is 13.2 Å². The van der Waals surface area contributed by atoms with E-state index in [9.17, 15) is 0 Å². The molecule has 0 spiro atoms. The van der Waals surface area contributed by atoms with Crippen LogP contribution < -0.4 is 0 Å². The summed E-state index contributed by atoms with van der Waals surface area (Å²) in [6, 6.07) is 1.07. The summed E-state index contributed by atoms with van der Waals surface area (Å²) in [5, 5.41) is 8.75. The second kappa shape index (κ2) is 2.67. The van der Waals surface area contributed by atoms with E-state index in [2.05, 4.69) is 18.7 Å². The van der Waals surface area contributed by atoms with Crippen molar-refractivity contribution in [3.63, 3.8) is 0 Å². The van der Waals surface area contributed by atoms with Crippen LogP contribution in [0.15, 0.2) is 0 Å². The lowest BCUT2D eigenvalue weighted by atomic mass is 10.0. The first kappa shape index (κ1) is 7.03. The average Bonchev–Trinajstić information content (AvgIpc) is 1.84. The van der Waals surface area contributed by atoms with Gasteiger partial charge in [-0.25, -0.2) is 0 Å². The van der Waals surface area contributed by atoms with Crippen LogP contribution in [0.1, 0.15) is 20.3 Å². The van der Waals surface area contributed by atoms with Gasteiger partial charge in [-0.2, -0.15) is 0 Å². The summed E-state index contributed by atoms with van der Waals surface area (Å²) in [5.74, 6) is 0. The fourth-order valence-electron chi connectivity index (χ4n) is 1.30. The smallest absolute Gasteiger partial charge is 0.0584 e. The van der Waals surface area contributed by atoms with Crippen molar-refractivity contribution in [1.29, 1.82) is 0 Å². The second-order valence-corrected chi connectivity index (χ2v) is 2.91. The third-order valence-corrected chi connectivity index (χ3v) is 2.20. The van der Waals surface area contributed by atoms with Crippen LogP contribution in [0.2, 0.25) is 0 Å². The first-order valence-corrected chi connectivity index (χ1v) is 3.62. The minimum Gasteiger partial charge on any atom is -0.395 e. The number of likely N-dealkylation sites (tertiary alicyclic amines) is 1. The van der Waals surface area contributed by atoms with Crippen LogP contribution >= 0.6 is 0 Å². The normalized spacial score (nSPS) is 31.7. The zero-order valence-electron chi connectivity index (χ0n) is 6.17. The molecular weight excluding hydrogens is 114 g/mol. The first-order chi connectivity index (χ1) is 4.25. The van der Waals surface area contributed by atoms with Gasteiger partial charge in [0.05, 0.1) is 6.61 Å². The molecule has 0 aliphatic carbocycles. The van der Waals surface area contributed by atoms with Gasteiger partial charge in [0.2, 0.25) is 0 Å². The van der Waals surface area contributed by atoms with Crippen LogP contribution in [-0.4, -0.2) is 35.2 Å². The molecule has 0 radical (unpaired) electrons. The SMILES string of the molecule is CC(CO)N1CCC1C. The summed E-state index contributed by atoms with van der Waals surface area (Å²) >= 11 is 0. The van der Waals surface area contributed by atoms with Crippen LogP contribution in [0, 0.1) is 0 Å². The maximum atomic E-state index is 8.75. The highest BCUT2D eigenvalue weighted by atomic mass is 16.3. The van der Waals surface area contributed by atoms with E-state index in [0.717, 1.165) is 0 Å². The Balaban J connectivity index is 2.25. The fraction of sp³-hybridized carbons (Fsp3) is 1.00. The molecule has 0 aromatic heterocycles. The van der Waals surface area contributed by atoms with Gasteiger partial charge in [-0.15, -0.1) is 0 Å². The topological polar surface area (TPSA) is 23.5 Å². The van der Waals surface area contributed by atoms with E-state index in [0.29, 0.717) is 18.7 Å². The molecule has 2 atom stereocenters. The van der Waals surface area contributed by atoms with Crippen molar-refractivity contribution in [2.24, 2.45) is 0 Å². The Morgan fingerprint density at radius 2 is 2.44 bits per heavy atom. The van der Waals surface area contributed by atoms with E-state index in [1.54, 1.807) is 0 Å². The van der Waals surface area contributed by atoms with Crippen molar-refractivity contribution in [3.05, 3.63) is 0 Å². The van der Waals surface area contributed by atoms with Gasteiger partial charge in [-0.05, 0) is 20.3 Å². The molecule has 1 rings (SSSR count). The fourth-order valence-corrected chi connectivity index (χ4v) is 1.30. The molecular formula is C7H15NO. The lowest BCUT2D eigenvalue weighted by molar-refractivity contribution is 0.0314. The predicted molar refractivity (Wildman–Crippen MR) is 37.3 cm³/mol. The Morgan fingerprint density at radius 1 is 1.78 bits per heavy atom.